The number of anilines is 2. The second kappa shape index (κ2) is 5.27. The number of para-hydroxylation sites is 1. The average molecular weight is 245 g/mol. The van der Waals surface area contributed by atoms with Crippen LogP contribution in [0.5, 0.6) is 0 Å². The summed E-state index contributed by atoms with van der Waals surface area (Å²) < 4.78 is 13.3. The lowest BCUT2D eigenvalue weighted by atomic mass is 10.2. The number of carbonyl (C=O) groups excluding carboxylic acids is 1. The molecule has 1 amide bonds. The van der Waals surface area contributed by atoms with Crippen LogP contribution in [0.25, 0.3) is 0 Å². The van der Waals surface area contributed by atoms with E-state index in [-0.39, 0.29) is 11.4 Å². The molecule has 92 valence electrons. The summed E-state index contributed by atoms with van der Waals surface area (Å²) >= 11 is 0. The number of hydrogen-bond acceptors (Lipinski definition) is 3. The van der Waals surface area contributed by atoms with E-state index in [2.05, 4.69) is 15.6 Å². The van der Waals surface area contributed by atoms with Crippen molar-refractivity contribution in [2.45, 2.75) is 0 Å². The zero-order chi connectivity index (χ0) is 13.0. The molecule has 0 spiro atoms. The third-order valence-corrected chi connectivity index (χ3v) is 2.41. The smallest absolute Gasteiger partial charge is 0.274 e. The van der Waals surface area contributed by atoms with Crippen molar-refractivity contribution in [1.82, 2.24) is 4.98 Å². The van der Waals surface area contributed by atoms with Crippen LogP contribution in [0.15, 0.2) is 42.6 Å². The Balaban J connectivity index is 2.14. The Labute approximate surface area is 104 Å². The van der Waals surface area contributed by atoms with Crippen LogP contribution >= 0.6 is 0 Å². The molecule has 2 rings (SSSR count). The fourth-order valence-corrected chi connectivity index (χ4v) is 1.42. The highest BCUT2D eigenvalue weighted by molar-refractivity contribution is 6.03. The third-order valence-electron chi connectivity index (χ3n) is 2.41. The summed E-state index contributed by atoms with van der Waals surface area (Å²) in [7, 11) is 1.76. The van der Waals surface area contributed by atoms with Gasteiger partial charge in [0.1, 0.15) is 11.5 Å². The molecule has 18 heavy (non-hydrogen) atoms. The summed E-state index contributed by atoms with van der Waals surface area (Å²) in [5.74, 6) is -0.916. The quantitative estimate of drug-likeness (QED) is 0.873. The van der Waals surface area contributed by atoms with Crippen LogP contribution < -0.4 is 10.6 Å². The first kappa shape index (κ1) is 12.0. The Kier molecular flexibility index (Phi) is 3.52. The zero-order valence-electron chi connectivity index (χ0n) is 9.77. The van der Waals surface area contributed by atoms with E-state index in [1.807, 2.05) is 0 Å². The number of rotatable bonds is 3. The molecule has 1 aromatic heterocycles. The number of benzene rings is 1. The van der Waals surface area contributed by atoms with Gasteiger partial charge in [-0.25, -0.2) is 9.37 Å². The maximum absolute atomic E-state index is 13.3. The van der Waals surface area contributed by atoms with Crippen LogP contribution in [0.4, 0.5) is 15.8 Å². The van der Waals surface area contributed by atoms with E-state index in [1.54, 1.807) is 31.3 Å². The molecular weight excluding hydrogens is 233 g/mol. The standard InChI is InChI=1S/C13H12FN3O/c1-15-9-6-7-12(16-8-9)13(18)17-11-5-3-2-4-10(11)14/h2-8,15H,1H3,(H,17,18). The summed E-state index contributed by atoms with van der Waals surface area (Å²) in [6, 6.07) is 9.29. The molecule has 2 N–H and O–H groups in total. The van der Waals surface area contributed by atoms with Crippen molar-refractivity contribution < 1.29 is 9.18 Å². The minimum Gasteiger partial charge on any atom is -0.387 e. The first-order valence-electron chi connectivity index (χ1n) is 5.40. The van der Waals surface area contributed by atoms with Crippen molar-refractivity contribution in [3.8, 4) is 0 Å². The molecule has 4 nitrogen and oxygen atoms in total. The van der Waals surface area contributed by atoms with Crippen LogP contribution in [-0.4, -0.2) is 17.9 Å². The van der Waals surface area contributed by atoms with Gasteiger partial charge in [0.25, 0.3) is 5.91 Å². The van der Waals surface area contributed by atoms with Gasteiger partial charge in [0.15, 0.2) is 0 Å². The summed E-state index contributed by atoms with van der Waals surface area (Å²) in [5, 5.41) is 5.36. The van der Waals surface area contributed by atoms with Gasteiger partial charge in [0.2, 0.25) is 0 Å². The number of nitrogens with zero attached hydrogens (tertiary/aromatic N) is 1. The van der Waals surface area contributed by atoms with Crippen molar-refractivity contribution in [2.24, 2.45) is 0 Å². The van der Waals surface area contributed by atoms with E-state index in [1.165, 1.54) is 18.3 Å². The average Bonchev–Trinajstić information content (AvgIpc) is 2.41. The lowest BCUT2D eigenvalue weighted by Crippen LogP contribution is -2.14. The molecular formula is C13H12FN3O. The summed E-state index contributed by atoms with van der Waals surface area (Å²) in [4.78, 5) is 15.8. The molecule has 0 atom stereocenters. The van der Waals surface area contributed by atoms with Gasteiger partial charge in [-0.1, -0.05) is 12.1 Å². The molecule has 0 radical (unpaired) electrons. The Hall–Kier alpha value is -2.43. The van der Waals surface area contributed by atoms with E-state index >= 15 is 0 Å². The second-order valence-corrected chi connectivity index (χ2v) is 3.62. The van der Waals surface area contributed by atoms with Crippen LogP contribution in [0, 0.1) is 5.82 Å². The lowest BCUT2D eigenvalue weighted by molar-refractivity contribution is 0.102. The van der Waals surface area contributed by atoms with Gasteiger partial charge in [0, 0.05) is 7.05 Å². The number of halogens is 1. The largest absolute Gasteiger partial charge is 0.387 e. The Bertz CT molecular complexity index is 554. The minimum absolute atomic E-state index is 0.141. The fraction of sp³-hybridized carbons (Fsp3) is 0.0769. The van der Waals surface area contributed by atoms with Crippen molar-refractivity contribution in [3.63, 3.8) is 0 Å². The Morgan fingerprint density at radius 3 is 2.61 bits per heavy atom. The Morgan fingerprint density at radius 1 is 1.22 bits per heavy atom. The predicted octanol–water partition coefficient (Wildman–Crippen LogP) is 2.51. The maximum atomic E-state index is 13.3. The molecule has 1 heterocycles. The van der Waals surface area contributed by atoms with Crippen LogP contribution in [0.2, 0.25) is 0 Å². The molecule has 0 aliphatic carbocycles. The zero-order valence-corrected chi connectivity index (χ0v) is 9.77. The maximum Gasteiger partial charge on any atom is 0.274 e. The van der Waals surface area contributed by atoms with Gasteiger partial charge in [-0.3, -0.25) is 4.79 Å². The third kappa shape index (κ3) is 2.63. The molecule has 2 aromatic rings. The fourth-order valence-electron chi connectivity index (χ4n) is 1.42. The molecule has 0 saturated carbocycles. The van der Waals surface area contributed by atoms with Gasteiger partial charge >= 0.3 is 0 Å². The van der Waals surface area contributed by atoms with Crippen molar-refractivity contribution in [1.29, 1.82) is 0 Å². The molecule has 0 aliphatic rings. The number of carbonyl (C=O) groups is 1. The second-order valence-electron chi connectivity index (χ2n) is 3.62. The van der Waals surface area contributed by atoms with Gasteiger partial charge in [0.05, 0.1) is 17.6 Å². The minimum atomic E-state index is -0.474. The number of nitrogens with one attached hydrogen (secondary N) is 2. The topological polar surface area (TPSA) is 54.0 Å². The first-order chi connectivity index (χ1) is 8.70. The van der Waals surface area contributed by atoms with Crippen LogP contribution in [0.1, 0.15) is 10.5 Å². The lowest BCUT2D eigenvalue weighted by Gasteiger charge is -2.06. The van der Waals surface area contributed by atoms with Gasteiger partial charge in [-0.15, -0.1) is 0 Å². The van der Waals surface area contributed by atoms with E-state index in [9.17, 15) is 9.18 Å². The normalized spacial score (nSPS) is 9.89. The van der Waals surface area contributed by atoms with Crippen LogP contribution in [-0.2, 0) is 0 Å². The summed E-state index contributed by atoms with van der Waals surface area (Å²) in [6.07, 6.45) is 1.54. The van der Waals surface area contributed by atoms with E-state index in [0.717, 1.165) is 5.69 Å². The summed E-state index contributed by atoms with van der Waals surface area (Å²) in [6.45, 7) is 0. The van der Waals surface area contributed by atoms with Crippen molar-refractivity contribution in [2.75, 3.05) is 17.7 Å². The number of aromatic nitrogens is 1. The highest BCUT2D eigenvalue weighted by Gasteiger charge is 2.09. The van der Waals surface area contributed by atoms with Gasteiger partial charge in [-0.05, 0) is 24.3 Å². The van der Waals surface area contributed by atoms with E-state index < -0.39 is 11.7 Å². The molecule has 0 aliphatic heterocycles. The highest BCUT2D eigenvalue weighted by Crippen LogP contribution is 2.14. The highest BCUT2D eigenvalue weighted by atomic mass is 19.1. The molecule has 0 fully saturated rings. The number of amides is 1. The molecule has 0 saturated heterocycles. The predicted molar refractivity (Wildman–Crippen MR) is 68.1 cm³/mol. The monoisotopic (exact) mass is 245 g/mol. The van der Waals surface area contributed by atoms with Crippen LogP contribution in [0.3, 0.4) is 0 Å². The molecule has 1 aromatic carbocycles. The SMILES string of the molecule is CNc1ccc(C(=O)Nc2ccccc2F)nc1. The van der Waals surface area contributed by atoms with E-state index in [0.29, 0.717) is 0 Å². The Morgan fingerprint density at radius 2 is 2.00 bits per heavy atom. The van der Waals surface area contributed by atoms with Gasteiger partial charge < -0.3 is 10.6 Å². The first-order valence-corrected chi connectivity index (χ1v) is 5.40. The molecule has 0 bridgehead atoms. The summed E-state index contributed by atoms with van der Waals surface area (Å²) in [5.41, 5.74) is 1.18. The molecule has 5 heteroatoms. The van der Waals surface area contributed by atoms with E-state index in [4.69, 9.17) is 0 Å². The number of pyridine rings is 1. The molecule has 0 unspecified atom stereocenters. The number of hydrogen-bond donors (Lipinski definition) is 2. The van der Waals surface area contributed by atoms with Crippen molar-refractivity contribution >= 4 is 17.3 Å². The van der Waals surface area contributed by atoms with Gasteiger partial charge in [-0.2, -0.15) is 0 Å². The van der Waals surface area contributed by atoms with Crippen molar-refractivity contribution in [3.05, 3.63) is 54.1 Å².